The van der Waals surface area contributed by atoms with Crippen molar-refractivity contribution < 1.29 is 9.66 Å². The van der Waals surface area contributed by atoms with Crippen LogP contribution in [0.25, 0.3) is 0 Å². The summed E-state index contributed by atoms with van der Waals surface area (Å²) in [5.41, 5.74) is 6.81. The third-order valence-corrected chi connectivity index (χ3v) is 2.73. The van der Waals surface area contributed by atoms with E-state index in [0.29, 0.717) is 17.2 Å². The molecule has 1 aromatic carbocycles. The van der Waals surface area contributed by atoms with Crippen LogP contribution in [0.2, 0.25) is 0 Å². The summed E-state index contributed by atoms with van der Waals surface area (Å²) in [6.45, 7) is 1.93. The van der Waals surface area contributed by atoms with E-state index in [1.165, 1.54) is 6.07 Å². The van der Waals surface area contributed by atoms with Gasteiger partial charge in [0.15, 0.2) is 0 Å². The Balaban J connectivity index is 2.39. The van der Waals surface area contributed by atoms with Gasteiger partial charge in [0.25, 0.3) is 5.69 Å². The lowest BCUT2D eigenvalue weighted by molar-refractivity contribution is -0.385. The lowest BCUT2D eigenvalue weighted by Crippen LogP contribution is -2.02. The van der Waals surface area contributed by atoms with Crippen LogP contribution in [0.4, 0.5) is 5.69 Å². The van der Waals surface area contributed by atoms with E-state index in [1.54, 1.807) is 37.4 Å². The van der Waals surface area contributed by atoms with E-state index in [9.17, 15) is 10.1 Å². The Morgan fingerprint density at radius 2 is 2.16 bits per heavy atom. The second-order valence-corrected chi connectivity index (χ2v) is 3.93. The first kappa shape index (κ1) is 13.0. The maximum Gasteiger partial charge on any atom is 0.276 e. The van der Waals surface area contributed by atoms with Crippen molar-refractivity contribution in [3.8, 4) is 11.6 Å². The molecule has 6 nitrogen and oxygen atoms in total. The van der Waals surface area contributed by atoms with E-state index in [4.69, 9.17) is 10.5 Å². The summed E-state index contributed by atoms with van der Waals surface area (Å²) >= 11 is 0. The van der Waals surface area contributed by atoms with Crippen molar-refractivity contribution >= 4 is 5.69 Å². The SMILES string of the molecule is Cc1c(Oc2ncccc2CN)cccc1[N+](=O)[O-]. The van der Waals surface area contributed by atoms with Gasteiger partial charge in [0.2, 0.25) is 5.88 Å². The van der Waals surface area contributed by atoms with Crippen molar-refractivity contribution in [1.29, 1.82) is 0 Å². The van der Waals surface area contributed by atoms with Gasteiger partial charge in [0.05, 0.1) is 10.5 Å². The molecule has 1 aromatic heterocycles. The molecule has 1 heterocycles. The van der Waals surface area contributed by atoms with Crippen LogP contribution >= 0.6 is 0 Å². The number of rotatable bonds is 4. The number of ether oxygens (including phenoxy) is 1. The number of benzene rings is 1. The third kappa shape index (κ3) is 2.69. The number of nitro benzene ring substituents is 1. The van der Waals surface area contributed by atoms with Gasteiger partial charge < -0.3 is 10.5 Å². The van der Waals surface area contributed by atoms with Crippen LogP contribution in [-0.4, -0.2) is 9.91 Å². The summed E-state index contributed by atoms with van der Waals surface area (Å²) in [6.07, 6.45) is 1.58. The molecule has 0 fully saturated rings. The Labute approximate surface area is 110 Å². The molecule has 6 heteroatoms. The molecule has 2 aromatic rings. The first-order valence-electron chi connectivity index (χ1n) is 5.69. The molecule has 0 radical (unpaired) electrons. The molecule has 2 N–H and O–H groups in total. The van der Waals surface area contributed by atoms with Crippen LogP contribution in [0.3, 0.4) is 0 Å². The van der Waals surface area contributed by atoms with Crippen molar-refractivity contribution in [1.82, 2.24) is 4.98 Å². The van der Waals surface area contributed by atoms with E-state index in [2.05, 4.69) is 4.98 Å². The molecule has 0 unspecified atom stereocenters. The first-order valence-corrected chi connectivity index (χ1v) is 5.69. The molecule has 98 valence electrons. The monoisotopic (exact) mass is 259 g/mol. The van der Waals surface area contributed by atoms with Gasteiger partial charge in [-0.15, -0.1) is 0 Å². The summed E-state index contributed by atoms with van der Waals surface area (Å²) in [6, 6.07) is 8.23. The standard InChI is InChI=1S/C13H13N3O3/c1-9-11(16(17)18)5-2-6-12(9)19-13-10(8-14)4-3-7-15-13/h2-7H,8,14H2,1H3. The third-order valence-electron chi connectivity index (χ3n) is 2.73. The van der Waals surface area contributed by atoms with Crippen molar-refractivity contribution in [3.05, 3.63) is 57.8 Å². The molecule has 0 amide bonds. The minimum atomic E-state index is -0.440. The minimum Gasteiger partial charge on any atom is -0.438 e. The van der Waals surface area contributed by atoms with Crippen molar-refractivity contribution in [2.24, 2.45) is 5.73 Å². The molecule has 0 atom stereocenters. The Bertz CT molecular complexity index is 614. The fourth-order valence-electron chi connectivity index (χ4n) is 1.69. The van der Waals surface area contributed by atoms with Gasteiger partial charge >= 0.3 is 0 Å². The topological polar surface area (TPSA) is 91.3 Å². The van der Waals surface area contributed by atoms with Gasteiger partial charge in [-0.25, -0.2) is 4.98 Å². The van der Waals surface area contributed by atoms with E-state index in [1.807, 2.05) is 0 Å². The zero-order valence-electron chi connectivity index (χ0n) is 10.4. The molecule has 0 aliphatic rings. The van der Waals surface area contributed by atoms with E-state index >= 15 is 0 Å². The van der Waals surface area contributed by atoms with Crippen LogP contribution in [0.1, 0.15) is 11.1 Å². The zero-order chi connectivity index (χ0) is 13.8. The van der Waals surface area contributed by atoms with Gasteiger partial charge in [-0.3, -0.25) is 10.1 Å². The maximum absolute atomic E-state index is 10.9. The number of hydrogen-bond donors (Lipinski definition) is 1. The summed E-state index contributed by atoms with van der Waals surface area (Å²) in [5.74, 6) is 0.774. The van der Waals surface area contributed by atoms with Crippen LogP contribution in [-0.2, 0) is 6.54 Å². The van der Waals surface area contributed by atoms with Crippen molar-refractivity contribution in [2.75, 3.05) is 0 Å². The van der Waals surface area contributed by atoms with E-state index in [-0.39, 0.29) is 12.2 Å². The largest absolute Gasteiger partial charge is 0.438 e. The molecule has 0 bridgehead atoms. The molecular weight excluding hydrogens is 246 g/mol. The Morgan fingerprint density at radius 1 is 1.37 bits per heavy atom. The smallest absolute Gasteiger partial charge is 0.276 e. The summed E-state index contributed by atoms with van der Waals surface area (Å²) < 4.78 is 5.63. The lowest BCUT2D eigenvalue weighted by atomic mass is 10.2. The van der Waals surface area contributed by atoms with E-state index < -0.39 is 4.92 Å². The van der Waals surface area contributed by atoms with Crippen LogP contribution in [0, 0.1) is 17.0 Å². The van der Waals surface area contributed by atoms with Crippen molar-refractivity contribution in [3.63, 3.8) is 0 Å². The Morgan fingerprint density at radius 3 is 2.84 bits per heavy atom. The second-order valence-electron chi connectivity index (χ2n) is 3.93. The maximum atomic E-state index is 10.9. The number of hydrogen-bond acceptors (Lipinski definition) is 5. The molecule has 0 saturated carbocycles. The molecule has 19 heavy (non-hydrogen) atoms. The van der Waals surface area contributed by atoms with E-state index in [0.717, 1.165) is 5.56 Å². The average Bonchev–Trinajstić information content (AvgIpc) is 2.41. The molecule has 0 aliphatic heterocycles. The highest BCUT2D eigenvalue weighted by molar-refractivity contribution is 5.49. The predicted molar refractivity (Wildman–Crippen MR) is 70.0 cm³/mol. The number of nitrogens with two attached hydrogens (primary N) is 1. The Hall–Kier alpha value is -2.47. The summed E-state index contributed by atoms with van der Waals surface area (Å²) in [5, 5.41) is 10.9. The number of nitrogens with zero attached hydrogens (tertiary/aromatic N) is 2. The predicted octanol–water partition coefficient (Wildman–Crippen LogP) is 2.55. The van der Waals surface area contributed by atoms with Gasteiger partial charge in [0, 0.05) is 24.4 Å². The van der Waals surface area contributed by atoms with Gasteiger partial charge in [-0.05, 0) is 19.1 Å². The highest BCUT2D eigenvalue weighted by atomic mass is 16.6. The van der Waals surface area contributed by atoms with Gasteiger partial charge in [0.1, 0.15) is 5.75 Å². The van der Waals surface area contributed by atoms with Crippen LogP contribution in [0.5, 0.6) is 11.6 Å². The zero-order valence-corrected chi connectivity index (χ0v) is 10.4. The van der Waals surface area contributed by atoms with Gasteiger partial charge in [-0.2, -0.15) is 0 Å². The van der Waals surface area contributed by atoms with Crippen LogP contribution in [0.15, 0.2) is 36.5 Å². The highest BCUT2D eigenvalue weighted by Crippen LogP contribution is 2.31. The molecular formula is C13H13N3O3. The lowest BCUT2D eigenvalue weighted by Gasteiger charge is -2.10. The number of nitro groups is 1. The van der Waals surface area contributed by atoms with Crippen LogP contribution < -0.4 is 10.5 Å². The molecule has 2 rings (SSSR count). The fraction of sp³-hybridized carbons (Fsp3) is 0.154. The number of pyridine rings is 1. The molecule has 0 aliphatic carbocycles. The normalized spacial score (nSPS) is 10.2. The quantitative estimate of drug-likeness (QED) is 0.673. The second kappa shape index (κ2) is 5.45. The summed E-state index contributed by atoms with van der Waals surface area (Å²) in [4.78, 5) is 14.5. The fourth-order valence-corrected chi connectivity index (χ4v) is 1.69. The highest BCUT2D eigenvalue weighted by Gasteiger charge is 2.15. The number of aromatic nitrogens is 1. The summed E-state index contributed by atoms with van der Waals surface area (Å²) in [7, 11) is 0. The Kier molecular flexibility index (Phi) is 3.72. The minimum absolute atomic E-state index is 0.0164. The molecule has 0 spiro atoms. The molecule has 0 saturated heterocycles. The van der Waals surface area contributed by atoms with Crippen molar-refractivity contribution in [2.45, 2.75) is 13.5 Å². The van der Waals surface area contributed by atoms with Gasteiger partial charge in [-0.1, -0.05) is 12.1 Å². The average molecular weight is 259 g/mol. The first-order chi connectivity index (χ1) is 9.13.